The molecule has 0 radical (unpaired) electrons. The third-order valence-corrected chi connectivity index (χ3v) is 2.40. The highest BCUT2D eigenvalue weighted by atomic mass is 16.6. The van der Waals surface area contributed by atoms with Gasteiger partial charge in [0.25, 0.3) is 0 Å². The molecule has 0 heterocycles. The molecule has 0 fully saturated rings. The molecule has 0 aliphatic carbocycles. The van der Waals surface area contributed by atoms with E-state index in [9.17, 15) is 14.9 Å². The van der Waals surface area contributed by atoms with Crippen LogP contribution in [0.4, 0.5) is 11.4 Å². The van der Waals surface area contributed by atoms with E-state index in [0.717, 1.165) is 7.11 Å². The number of esters is 1. The zero-order valence-electron chi connectivity index (χ0n) is 10.5. The van der Waals surface area contributed by atoms with Crippen molar-refractivity contribution < 1.29 is 24.3 Å². The Morgan fingerprint density at radius 1 is 1.53 bits per heavy atom. The first-order chi connectivity index (χ1) is 9.04. The maximum atomic E-state index is 11.3. The number of nitrogens with one attached hydrogen (secondary N) is 1. The molecule has 1 atom stereocenters. The summed E-state index contributed by atoms with van der Waals surface area (Å²) in [6.45, 7) is -0.555. The van der Waals surface area contributed by atoms with E-state index in [4.69, 9.17) is 9.84 Å². The summed E-state index contributed by atoms with van der Waals surface area (Å²) < 4.78 is 9.36. The molecule has 0 bridgehead atoms. The van der Waals surface area contributed by atoms with Crippen molar-refractivity contribution in [2.24, 2.45) is 0 Å². The van der Waals surface area contributed by atoms with Gasteiger partial charge in [-0.1, -0.05) is 6.07 Å². The molecule has 8 nitrogen and oxygen atoms in total. The van der Waals surface area contributed by atoms with E-state index >= 15 is 0 Å². The van der Waals surface area contributed by atoms with Crippen LogP contribution in [0.2, 0.25) is 0 Å². The number of nitro groups is 1. The second-order valence-electron chi connectivity index (χ2n) is 3.52. The minimum absolute atomic E-state index is 0.0524. The molecule has 0 amide bonds. The van der Waals surface area contributed by atoms with Gasteiger partial charge in [-0.05, 0) is 12.1 Å². The lowest BCUT2D eigenvalue weighted by molar-refractivity contribution is -0.384. The van der Waals surface area contributed by atoms with E-state index in [-0.39, 0.29) is 17.1 Å². The topological polar surface area (TPSA) is 111 Å². The smallest absolute Gasteiger partial charge is 0.333 e. The number of methoxy groups -OCH3 is 2. The van der Waals surface area contributed by atoms with E-state index < -0.39 is 23.5 Å². The first-order valence-corrected chi connectivity index (χ1v) is 5.31. The molecule has 0 spiro atoms. The molecule has 104 valence electrons. The molecule has 8 heteroatoms. The fraction of sp³-hybridized carbons (Fsp3) is 0.364. The largest absolute Gasteiger partial charge is 0.490 e. The fourth-order valence-corrected chi connectivity index (χ4v) is 1.50. The van der Waals surface area contributed by atoms with Crippen molar-refractivity contribution in [3.05, 3.63) is 28.3 Å². The van der Waals surface area contributed by atoms with Crippen LogP contribution in [0, 0.1) is 10.1 Å². The van der Waals surface area contributed by atoms with E-state index in [2.05, 4.69) is 10.1 Å². The average molecular weight is 270 g/mol. The van der Waals surface area contributed by atoms with Gasteiger partial charge in [0.05, 0.1) is 25.7 Å². The number of para-hydroxylation sites is 1. The van der Waals surface area contributed by atoms with Crippen molar-refractivity contribution in [3.63, 3.8) is 0 Å². The Morgan fingerprint density at radius 2 is 2.21 bits per heavy atom. The molecule has 0 aliphatic heterocycles. The highest BCUT2D eigenvalue weighted by molar-refractivity contribution is 5.81. The average Bonchev–Trinajstić information content (AvgIpc) is 2.42. The van der Waals surface area contributed by atoms with Crippen molar-refractivity contribution in [2.45, 2.75) is 6.04 Å². The zero-order valence-corrected chi connectivity index (χ0v) is 10.5. The Kier molecular flexibility index (Phi) is 5.07. The van der Waals surface area contributed by atoms with Crippen LogP contribution in [-0.4, -0.2) is 42.9 Å². The van der Waals surface area contributed by atoms with Crippen molar-refractivity contribution in [1.82, 2.24) is 0 Å². The maximum absolute atomic E-state index is 11.3. The summed E-state index contributed by atoms with van der Waals surface area (Å²) >= 11 is 0. The second kappa shape index (κ2) is 6.55. The highest BCUT2D eigenvalue weighted by Gasteiger charge is 2.25. The summed E-state index contributed by atoms with van der Waals surface area (Å²) in [5.41, 5.74) is -0.249. The standard InChI is InChI=1S/C11H14N2O6/c1-18-9-5-3-4-7(10(9)13(16)17)12-8(6-14)11(15)19-2/h3-5,8,12,14H,6H2,1-2H3. The molecule has 0 saturated heterocycles. The number of aliphatic hydroxyl groups excluding tert-OH is 1. The van der Waals surface area contributed by atoms with E-state index in [0.29, 0.717) is 0 Å². The van der Waals surface area contributed by atoms with Gasteiger partial charge < -0.3 is 19.9 Å². The number of hydrogen-bond donors (Lipinski definition) is 2. The van der Waals surface area contributed by atoms with Gasteiger partial charge in [-0.3, -0.25) is 10.1 Å². The van der Waals surface area contributed by atoms with Crippen molar-refractivity contribution in [3.8, 4) is 5.75 Å². The van der Waals surface area contributed by atoms with Crippen LogP contribution >= 0.6 is 0 Å². The van der Waals surface area contributed by atoms with Gasteiger partial charge in [0, 0.05) is 0 Å². The summed E-state index contributed by atoms with van der Waals surface area (Å²) in [6, 6.07) is 3.28. The van der Waals surface area contributed by atoms with Crippen molar-refractivity contribution in [1.29, 1.82) is 0 Å². The van der Waals surface area contributed by atoms with E-state index in [1.54, 1.807) is 0 Å². The van der Waals surface area contributed by atoms with Crippen LogP contribution < -0.4 is 10.1 Å². The predicted molar refractivity (Wildman–Crippen MR) is 66.2 cm³/mol. The molecule has 1 rings (SSSR count). The number of rotatable bonds is 6. The highest BCUT2D eigenvalue weighted by Crippen LogP contribution is 2.34. The molecule has 1 aromatic rings. The molecular formula is C11H14N2O6. The van der Waals surface area contributed by atoms with Gasteiger partial charge in [0.2, 0.25) is 0 Å². The Morgan fingerprint density at radius 3 is 2.68 bits per heavy atom. The molecule has 1 unspecified atom stereocenters. The summed E-state index contributed by atoms with van der Waals surface area (Å²) in [5, 5.41) is 22.7. The number of ether oxygens (including phenoxy) is 2. The van der Waals surface area contributed by atoms with Gasteiger partial charge in [-0.2, -0.15) is 0 Å². The maximum Gasteiger partial charge on any atom is 0.333 e. The summed E-state index contributed by atoms with van der Waals surface area (Å²) in [6.07, 6.45) is 0. The Bertz CT molecular complexity index is 476. The first-order valence-electron chi connectivity index (χ1n) is 5.31. The molecular weight excluding hydrogens is 256 g/mol. The van der Waals surface area contributed by atoms with Crippen LogP contribution in [0.3, 0.4) is 0 Å². The number of carbonyl (C=O) groups excluding carboxylic acids is 1. The summed E-state index contributed by atoms with van der Waals surface area (Å²) in [5.74, 6) is -0.670. The normalized spacial score (nSPS) is 11.5. The fourth-order valence-electron chi connectivity index (χ4n) is 1.50. The van der Waals surface area contributed by atoms with Crippen molar-refractivity contribution in [2.75, 3.05) is 26.1 Å². The van der Waals surface area contributed by atoms with Gasteiger partial charge in [-0.25, -0.2) is 4.79 Å². The minimum atomic E-state index is -1.09. The van der Waals surface area contributed by atoms with E-state index in [1.165, 1.54) is 25.3 Å². The number of aliphatic hydroxyl groups is 1. The van der Waals surface area contributed by atoms with Crippen LogP contribution in [0.15, 0.2) is 18.2 Å². The van der Waals surface area contributed by atoms with Crippen LogP contribution in [0.1, 0.15) is 0 Å². The van der Waals surface area contributed by atoms with Crippen molar-refractivity contribution >= 4 is 17.3 Å². The lowest BCUT2D eigenvalue weighted by atomic mass is 10.2. The Labute approximate surface area is 109 Å². The van der Waals surface area contributed by atoms with Gasteiger partial charge in [-0.15, -0.1) is 0 Å². The number of benzene rings is 1. The van der Waals surface area contributed by atoms with E-state index in [1.807, 2.05) is 0 Å². The monoisotopic (exact) mass is 270 g/mol. The predicted octanol–water partition coefficient (Wildman–Crippen LogP) is 0.549. The first kappa shape index (κ1) is 14.7. The second-order valence-corrected chi connectivity index (χ2v) is 3.52. The molecule has 0 aliphatic rings. The summed E-state index contributed by atoms with van der Waals surface area (Å²) in [4.78, 5) is 21.7. The molecule has 0 saturated carbocycles. The number of anilines is 1. The van der Waals surface area contributed by atoms with Gasteiger partial charge in [0.15, 0.2) is 5.75 Å². The zero-order chi connectivity index (χ0) is 14.4. The molecule has 1 aromatic carbocycles. The molecule has 19 heavy (non-hydrogen) atoms. The number of carbonyl (C=O) groups is 1. The van der Waals surface area contributed by atoms with Gasteiger partial charge in [0.1, 0.15) is 11.7 Å². The van der Waals surface area contributed by atoms with Crippen LogP contribution in [0.5, 0.6) is 5.75 Å². The number of nitrogens with zero attached hydrogens (tertiary/aromatic N) is 1. The Balaban J connectivity index is 3.12. The number of hydrogen-bond acceptors (Lipinski definition) is 7. The lowest BCUT2D eigenvalue weighted by Gasteiger charge is -2.15. The summed E-state index contributed by atoms with van der Waals surface area (Å²) in [7, 11) is 2.46. The SMILES string of the molecule is COC(=O)C(CO)Nc1cccc(OC)c1[N+](=O)[O-]. The Hall–Kier alpha value is -2.35. The number of nitro benzene ring substituents is 1. The minimum Gasteiger partial charge on any atom is -0.490 e. The third-order valence-electron chi connectivity index (χ3n) is 2.40. The molecule has 2 N–H and O–H groups in total. The van der Waals surface area contributed by atoms with Crippen LogP contribution in [-0.2, 0) is 9.53 Å². The van der Waals surface area contributed by atoms with Crippen LogP contribution in [0.25, 0.3) is 0 Å². The third kappa shape index (κ3) is 3.32. The quantitative estimate of drug-likeness (QED) is 0.441. The molecule has 0 aromatic heterocycles. The lowest BCUT2D eigenvalue weighted by Crippen LogP contribution is -2.34. The van der Waals surface area contributed by atoms with Gasteiger partial charge >= 0.3 is 11.7 Å².